The second kappa shape index (κ2) is 10.7. The van der Waals surface area contributed by atoms with E-state index in [1.807, 2.05) is 19.1 Å². The molecule has 0 spiro atoms. The molecule has 0 radical (unpaired) electrons. The molecule has 3 nitrogen and oxygen atoms in total. The van der Waals surface area contributed by atoms with E-state index in [4.69, 9.17) is 4.18 Å². The van der Waals surface area contributed by atoms with Crippen molar-refractivity contribution in [2.75, 3.05) is 0 Å². The summed E-state index contributed by atoms with van der Waals surface area (Å²) >= 11 is 0. The molecule has 0 amide bonds. The van der Waals surface area contributed by atoms with Crippen molar-refractivity contribution in [3.05, 3.63) is 41.5 Å². The van der Waals surface area contributed by atoms with Gasteiger partial charge in [-0.3, -0.25) is 4.18 Å². The molecule has 3 saturated carbocycles. The predicted molar refractivity (Wildman–Crippen MR) is 156 cm³/mol. The topological polar surface area (TPSA) is 43.4 Å². The monoisotopic (exact) mass is 540 g/mol. The van der Waals surface area contributed by atoms with E-state index in [0.29, 0.717) is 5.41 Å². The van der Waals surface area contributed by atoms with Gasteiger partial charge in [0.25, 0.3) is 10.1 Å². The summed E-state index contributed by atoms with van der Waals surface area (Å²) < 4.78 is 31.8. The first kappa shape index (κ1) is 28.4. The molecule has 1 aromatic rings. The fraction of sp³-hybridized carbons (Fsp3) is 0.765. The highest BCUT2D eigenvalue weighted by Crippen LogP contribution is 2.67. The zero-order valence-corrected chi connectivity index (χ0v) is 25.7. The van der Waals surface area contributed by atoms with Gasteiger partial charge in [0, 0.05) is 0 Å². The van der Waals surface area contributed by atoms with Gasteiger partial charge in [0.15, 0.2) is 0 Å². The molecule has 1 aromatic carbocycles. The Kier molecular flexibility index (Phi) is 7.99. The maximum Gasteiger partial charge on any atom is 0.297 e. The van der Waals surface area contributed by atoms with Gasteiger partial charge in [0.05, 0.1) is 11.0 Å². The molecule has 0 bridgehead atoms. The average Bonchev–Trinajstić information content (AvgIpc) is 3.21. The Morgan fingerprint density at radius 3 is 2.39 bits per heavy atom. The van der Waals surface area contributed by atoms with E-state index in [9.17, 15) is 8.42 Å². The summed E-state index contributed by atoms with van der Waals surface area (Å²) in [7, 11) is -3.73. The quantitative estimate of drug-likeness (QED) is 0.244. The first-order valence-electron chi connectivity index (χ1n) is 15.6. The van der Waals surface area contributed by atoms with Crippen LogP contribution in [0.2, 0.25) is 0 Å². The van der Waals surface area contributed by atoms with Crippen LogP contribution >= 0.6 is 0 Å². The first-order chi connectivity index (χ1) is 17.9. The van der Waals surface area contributed by atoms with Crippen molar-refractivity contribution in [1.29, 1.82) is 0 Å². The van der Waals surface area contributed by atoms with Crippen molar-refractivity contribution in [2.45, 2.75) is 123 Å². The van der Waals surface area contributed by atoms with Gasteiger partial charge in [0.1, 0.15) is 0 Å². The molecule has 0 aliphatic heterocycles. The van der Waals surface area contributed by atoms with Gasteiger partial charge in [-0.1, -0.05) is 83.2 Å². The zero-order valence-electron chi connectivity index (χ0n) is 24.8. The van der Waals surface area contributed by atoms with Crippen molar-refractivity contribution in [3.8, 4) is 0 Å². The van der Waals surface area contributed by atoms with Gasteiger partial charge in [-0.15, -0.1) is 0 Å². The Hall–Kier alpha value is -1.13. The molecule has 8 atom stereocenters. The van der Waals surface area contributed by atoms with Gasteiger partial charge < -0.3 is 0 Å². The van der Waals surface area contributed by atoms with E-state index < -0.39 is 10.1 Å². The lowest BCUT2D eigenvalue weighted by Gasteiger charge is -2.58. The van der Waals surface area contributed by atoms with E-state index in [1.165, 1.54) is 56.9 Å². The number of aryl methyl sites for hydroxylation is 1. The summed E-state index contributed by atoms with van der Waals surface area (Å²) in [5.74, 6) is 4.93. The van der Waals surface area contributed by atoms with Crippen molar-refractivity contribution < 1.29 is 12.6 Å². The maximum absolute atomic E-state index is 13.0. The molecular formula is C34H52O3S. The lowest BCUT2D eigenvalue weighted by Crippen LogP contribution is -2.51. The third-order valence-corrected chi connectivity index (χ3v) is 13.2. The first-order valence-corrected chi connectivity index (χ1v) is 17.0. The van der Waals surface area contributed by atoms with Gasteiger partial charge in [-0.2, -0.15) is 8.42 Å². The number of fused-ring (bicyclic) bond motifs is 5. The number of benzene rings is 1. The smallest absolute Gasteiger partial charge is 0.263 e. The Balaban J connectivity index is 1.27. The number of hydrogen-bond acceptors (Lipinski definition) is 3. The minimum Gasteiger partial charge on any atom is -0.263 e. The van der Waals surface area contributed by atoms with E-state index >= 15 is 0 Å². The summed E-state index contributed by atoms with van der Waals surface area (Å²) in [5.41, 5.74) is 3.24. The van der Waals surface area contributed by atoms with Gasteiger partial charge in [-0.25, -0.2) is 0 Å². The molecule has 0 saturated heterocycles. The van der Waals surface area contributed by atoms with Gasteiger partial charge in [-0.05, 0) is 117 Å². The lowest BCUT2D eigenvalue weighted by molar-refractivity contribution is -0.0556. The van der Waals surface area contributed by atoms with Crippen LogP contribution in [0.1, 0.15) is 111 Å². The molecule has 0 heterocycles. The summed E-state index contributed by atoms with van der Waals surface area (Å²) in [5, 5.41) is 0. The van der Waals surface area contributed by atoms with Crippen LogP contribution in [0.4, 0.5) is 0 Å². The van der Waals surface area contributed by atoms with Crippen LogP contribution in [0, 0.1) is 53.3 Å². The van der Waals surface area contributed by atoms with Crippen molar-refractivity contribution in [1.82, 2.24) is 0 Å². The molecule has 4 aliphatic rings. The summed E-state index contributed by atoms with van der Waals surface area (Å²) in [6.07, 6.45) is 15.8. The molecule has 4 aliphatic carbocycles. The Bertz CT molecular complexity index is 1120. The van der Waals surface area contributed by atoms with Crippen LogP contribution in [-0.2, 0) is 14.3 Å². The molecule has 4 heteroatoms. The summed E-state index contributed by atoms with van der Waals surface area (Å²) in [4.78, 5) is 0.273. The molecular weight excluding hydrogens is 488 g/mol. The minimum absolute atomic E-state index is 0.207. The molecule has 0 N–H and O–H groups in total. The van der Waals surface area contributed by atoms with E-state index in [-0.39, 0.29) is 16.4 Å². The van der Waals surface area contributed by atoms with Crippen molar-refractivity contribution >= 4 is 10.1 Å². The maximum atomic E-state index is 13.0. The van der Waals surface area contributed by atoms with E-state index in [0.717, 1.165) is 60.3 Å². The SMILES string of the molecule is Cc1ccc(S(=O)(=O)O[C@H]2CCC3(C)C(=CC[C@@H]4[C@@H]3CC[C@]3(C)[C@@H]([C@H](C)CCCC(C)C)CC[C@@H]43)C2)cc1. The molecule has 5 rings (SSSR count). The standard InChI is InChI=1S/C34H52O3S/c1-23(2)8-7-9-25(4)30-16-17-31-29-15-12-26-22-27(37-38(35,36)28-13-10-24(3)11-14-28)18-20-33(26,5)32(29)19-21-34(30,31)6/h10-14,23,25,27,29-32H,7-9,15-22H2,1-6H3/t25-,27+,29+,30-,31+,32+,33?,34-/m1/s1. The Labute approximate surface area is 233 Å². The lowest BCUT2D eigenvalue weighted by atomic mass is 9.47. The van der Waals surface area contributed by atoms with E-state index in [1.54, 1.807) is 12.1 Å². The second-order valence-corrected chi connectivity index (χ2v) is 16.1. The third kappa shape index (κ3) is 5.18. The third-order valence-electron chi connectivity index (χ3n) is 11.8. The van der Waals surface area contributed by atoms with Gasteiger partial charge >= 0.3 is 0 Å². The molecule has 38 heavy (non-hydrogen) atoms. The number of hydrogen-bond donors (Lipinski definition) is 0. The van der Waals surface area contributed by atoms with Crippen LogP contribution in [0.15, 0.2) is 40.8 Å². The number of rotatable bonds is 8. The van der Waals surface area contributed by atoms with Crippen LogP contribution in [0.3, 0.4) is 0 Å². The average molecular weight is 541 g/mol. The fourth-order valence-electron chi connectivity index (χ4n) is 9.67. The summed E-state index contributed by atoms with van der Waals surface area (Å²) in [6, 6.07) is 7.02. The molecule has 212 valence electrons. The highest BCUT2D eigenvalue weighted by molar-refractivity contribution is 7.86. The molecule has 3 fully saturated rings. The van der Waals surface area contributed by atoms with Crippen LogP contribution in [0.25, 0.3) is 0 Å². The predicted octanol–water partition coefficient (Wildman–Crippen LogP) is 9.11. The Morgan fingerprint density at radius 1 is 0.947 bits per heavy atom. The van der Waals surface area contributed by atoms with Crippen molar-refractivity contribution in [3.63, 3.8) is 0 Å². The Morgan fingerprint density at radius 2 is 1.68 bits per heavy atom. The van der Waals surface area contributed by atoms with Gasteiger partial charge in [0.2, 0.25) is 0 Å². The summed E-state index contributed by atoms with van der Waals surface area (Å²) in [6.45, 7) is 14.4. The van der Waals surface area contributed by atoms with Crippen LogP contribution in [0.5, 0.6) is 0 Å². The normalized spacial score (nSPS) is 37.8. The molecule has 0 aromatic heterocycles. The van der Waals surface area contributed by atoms with Crippen LogP contribution in [-0.4, -0.2) is 14.5 Å². The molecule has 1 unspecified atom stereocenters. The zero-order chi connectivity index (χ0) is 27.3. The number of allylic oxidation sites excluding steroid dienone is 1. The fourth-order valence-corrected chi connectivity index (χ4v) is 10.8. The highest BCUT2D eigenvalue weighted by Gasteiger charge is 2.59. The highest BCUT2D eigenvalue weighted by atomic mass is 32.2. The minimum atomic E-state index is -3.73. The van der Waals surface area contributed by atoms with Crippen LogP contribution < -0.4 is 0 Å². The van der Waals surface area contributed by atoms with E-state index in [2.05, 4.69) is 40.7 Å². The largest absolute Gasteiger partial charge is 0.297 e. The van der Waals surface area contributed by atoms with Crippen molar-refractivity contribution in [2.24, 2.45) is 46.3 Å². The second-order valence-electron chi connectivity index (χ2n) is 14.5.